The van der Waals surface area contributed by atoms with Crippen molar-refractivity contribution in [3.63, 3.8) is 0 Å². The first kappa shape index (κ1) is 23.0. The predicted molar refractivity (Wildman–Crippen MR) is 102 cm³/mol. The van der Waals surface area contributed by atoms with Gasteiger partial charge in [0.05, 0.1) is 12.1 Å². The maximum Gasteiger partial charge on any atom is 0.387 e. The molecule has 2 rings (SSSR count). The predicted octanol–water partition coefficient (Wildman–Crippen LogP) is 2.78. The summed E-state index contributed by atoms with van der Waals surface area (Å²) in [5.74, 6) is -2.26. The summed E-state index contributed by atoms with van der Waals surface area (Å²) < 4.78 is 42.8. The van der Waals surface area contributed by atoms with E-state index in [9.17, 15) is 22.8 Å². The maximum atomic E-state index is 14.2. The van der Waals surface area contributed by atoms with Crippen molar-refractivity contribution in [1.82, 2.24) is 15.5 Å². The van der Waals surface area contributed by atoms with Crippen LogP contribution in [0.25, 0.3) is 0 Å². The molecule has 1 heterocycles. The van der Waals surface area contributed by atoms with E-state index >= 15 is 0 Å². The highest BCUT2D eigenvalue weighted by Crippen LogP contribution is 2.22. The van der Waals surface area contributed by atoms with Crippen molar-refractivity contribution in [2.45, 2.75) is 45.8 Å². The molecule has 2 amide bonds. The molecule has 1 saturated heterocycles. The Balaban J connectivity index is 1.79. The molecule has 0 aliphatic carbocycles. The van der Waals surface area contributed by atoms with Crippen LogP contribution in [-0.2, 0) is 4.79 Å². The normalized spacial score (nSPS) is 16.0. The number of amides is 2. The van der Waals surface area contributed by atoms with Crippen molar-refractivity contribution in [3.8, 4) is 5.75 Å². The first-order valence-electron chi connectivity index (χ1n) is 9.60. The Bertz CT molecular complexity index is 715. The van der Waals surface area contributed by atoms with Crippen LogP contribution in [0.4, 0.5) is 13.2 Å². The van der Waals surface area contributed by atoms with Crippen LogP contribution in [0.5, 0.6) is 5.75 Å². The summed E-state index contributed by atoms with van der Waals surface area (Å²) >= 11 is 0. The van der Waals surface area contributed by atoms with Crippen LogP contribution >= 0.6 is 0 Å². The van der Waals surface area contributed by atoms with Gasteiger partial charge < -0.3 is 15.4 Å². The molecule has 0 aromatic heterocycles. The van der Waals surface area contributed by atoms with Gasteiger partial charge in [0.2, 0.25) is 5.91 Å². The molecule has 29 heavy (non-hydrogen) atoms. The van der Waals surface area contributed by atoms with E-state index in [0.717, 1.165) is 32.0 Å². The molecule has 1 aliphatic heterocycles. The summed E-state index contributed by atoms with van der Waals surface area (Å²) in [5, 5.41) is 5.58. The van der Waals surface area contributed by atoms with E-state index in [4.69, 9.17) is 0 Å². The van der Waals surface area contributed by atoms with Gasteiger partial charge in [-0.25, -0.2) is 4.39 Å². The van der Waals surface area contributed by atoms with Crippen molar-refractivity contribution in [2.24, 2.45) is 5.92 Å². The van der Waals surface area contributed by atoms with Gasteiger partial charge in [0, 0.05) is 12.1 Å². The van der Waals surface area contributed by atoms with Gasteiger partial charge >= 0.3 is 6.61 Å². The van der Waals surface area contributed by atoms with Crippen molar-refractivity contribution in [3.05, 3.63) is 29.6 Å². The Hall–Kier alpha value is -2.29. The number of hydrogen-bond acceptors (Lipinski definition) is 4. The molecule has 0 atom stereocenters. The number of carbonyl (C=O) groups excluding carboxylic acids is 2. The van der Waals surface area contributed by atoms with Crippen LogP contribution < -0.4 is 15.4 Å². The van der Waals surface area contributed by atoms with Gasteiger partial charge in [-0.2, -0.15) is 8.78 Å². The Labute approximate surface area is 168 Å². The number of ether oxygens (including phenoxy) is 1. The third kappa shape index (κ3) is 7.56. The lowest BCUT2D eigenvalue weighted by Crippen LogP contribution is -2.48. The van der Waals surface area contributed by atoms with Crippen LogP contribution in [0, 0.1) is 11.7 Å². The van der Waals surface area contributed by atoms with Gasteiger partial charge in [-0.15, -0.1) is 0 Å². The second-order valence-electron chi connectivity index (χ2n) is 8.22. The molecular weight excluding hydrogens is 387 g/mol. The molecular formula is C20H28F3N3O3. The third-order valence-electron chi connectivity index (χ3n) is 4.56. The molecule has 0 spiro atoms. The second-order valence-corrected chi connectivity index (χ2v) is 8.22. The van der Waals surface area contributed by atoms with Crippen molar-refractivity contribution >= 4 is 11.8 Å². The van der Waals surface area contributed by atoms with E-state index < -0.39 is 24.1 Å². The minimum atomic E-state index is -3.17. The maximum absolute atomic E-state index is 14.2. The Kier molecular flexibility index (Phi) is 7.89. The zero-order valence-electron chi connectivity index (χ0n) is 16.9. The molecule has 6 nitrogen and oxygen atoms in total. The monoisotopic (exact) mass is 415 g/mol. The van der Waals surface area contributed by atoms with Crippen molar-refractivity contribution in [2.75, 3.05) is 26.2 Å². The van der Waals surface area contributed by atoms with Crippen LogP contribution in [0.3, 0.4) is 0 Å². The summed E-state index contributed by atoms with van der Waals surface area (Å²) in [6, 6.07) is 3.56. The molecule has 0 unspecified atom stereocenters. The highest BCUT2D eigenvalue weighted by atomic mass is 19.3. The lowest BCUT2D eigenvalue weighted by atomic mass is 9.96. The van der Waals surface area contributed by atoms with Gasteiger partial charge in [0.25, 0.3) is 5.91 Å². The van der Waals surface area contributed by atoms with Crippen LogP contribution in [0.15, 0.2) is 18.2 Å². The summed E-state index contributed by atoms with van der Waals surface area (Å²) in [4.78, 5) is 26.3. The molecule has 1 aromatic rings. The molecule has 0 saturated carbocycles. The number of likely N-dealkylation sites (tertiary alicyclic amines) is 1. The molecule has 2 N–H and O–H groups in total. The smallest absolute Gasteiger partial charge is 0.387 e. The topological polar surface area (TPSA) is 70.7 Å². The number of nitrogens with zero attached hydrogens (tertiary/aromatic N) is 1. The summed E-state index contributed by atoms with van der Waals surface area (Å²) in [6.07, 6.45) is 1.58. The Morgan fingerprint density at radius 2 is 1.90 bits per heavy atom. The van der Waals surface area contributed by atoms with E-state index in [1.165, 1.54) is 12.1 Å². The van der Waals surface area contributed by atoms with Gasteiger partial charge in [0.1, 0.15) is 0 Å². The van der Waals surface area contributed by atoms with Gasteiger partial charge in [-0.3, -0.25) is 14.5 Å². The van der Waals surface area contributed by atoms with Gasteiger partial charge in [-0.1, -0.05) is 6.07 Å². The Morgan fingerprint density at radius 3 is 2.48 bits per heavy atom. The SMILES string of the molecule is CC(C)(C)NC(=O)CN1CCC(CNC(=O)c2cccc(OC(F)F)c2F)CC1. The molecule has 1 aromatic carbocycles. The number of alkyl halides is 2. The summed E-state index contributed by atoms with van der Waals surface area (Å²) in [6.45, 7) is 4.75. The number of piperidine rings is 1. The highest BCUT2D eigenvalue weighted by Gasteiger charge is 2.24. The lowest BCUT2D eigenvalue weighted by Gasteiger charge is -2.32. The Morgan fingerprint density at radius 1 is 1.24 bits per heavy atom. The molecule has 0 bridgehead atoms. The second kappa shape index (κ2) is 9.96. The third-order valence-corrected chi connectivity index (χ3v) is 4.56. The zero-order chi connectivity index (χ0) is 21.6. The standard InChI is InChI=1S/C20H28F3N3O3/c1-20(2,3)25-16(27)12-26-9-7-13(8-10-26)11-24-18(28)14-5-4-6-15(17(14)21)29-19(22)23/h4-6,13,19H,7-12H2,1-3H3,(H,24,28)(H,25,27). The first-order chi connectivity index (χ1) is 13.5. The zero-order valence-corrected chi connectivity index (χ0v) is 16.9. The fourth-order valence-corrected chi connectivity index (χ4v) is 3.21. The number of carbonyl (C=O) groups is 2. The fraction of sp³-hybridized carbons (Fsp3) is 0.600. The number of benzene rings is 1. The fourth-order valence-electron chi connectivity index (χ4n) is 3.21. The van der Waals surface area contributed by atoms with Crippen LogP contribution in [-0.4, -0.2) is 55.0 Å². The molecule has 1 fully saturated rings. The van der Waals surface area contributed by atoms with Crippen molar-refractivity contribution < 1.29 is 27.5 Å². The molecule has 9 heteroatoms. The highest BCUT2D eigenvalue weighted by molar-refractivity contribution is 5.94. The largest absolute Gasteiger partial charge is 0.432 e. The number of rotatable bonds is 7. The van der Waals surface area contributed by atoms with E-state index in [0.29, 0.717) is 13.1 Å². The number of nitrogens with one attached hydrogen (secondary N) is 2. The van der Waals surface area contributed by atoms with E-state index in [1.54, 1.807) is 0 Å². The number of hydrogen-bond donors (Lipinski definition) is 2. The minimum Gasteiger partial charge on any atom is -0.432 e. The van der Waals surface area contributed by atoms with Crippen LogP contribution in [0.2, 0.25) is 0 Å². The molecule has 0 radical (unpaired) electrons. The van der Waals surface area contributed by atoms with Crippen molar-refractivity contribution in [1.29, 1.82) is 0 Å². The minimum absolute atomic E-state index is 0.0226. The van der Waals surface area contributed by atoms with Gasteiger partial charge in [-0.05, 0) is 64.8 Å². The summed E-state index contributed by atoms with van der Waals surface area (Å²) in [5.41, 5.74) is -0.605. The average molecular weight is 415 g/mol. The first-order valence-corrected chi connectivity index (χ1v) is 9.60. The number of halogens is 3. The quantitative estimate of drug-likeness (QED) is 0.719. The summed E-state index contributed by atoms with van der Waals surface area (Å²) in [7, 11) is 0. The van der Waals surface area contributed by atoms with E-state index in [-0.39, 0.29) is 22.9 Å². The molecule has 1 aliphatic rings. The van der Waals surface area contributed by atoms with Gasteiger partial charge in [0.15, 0.2) is 11.6 Å². The van der Waals surface area contributed by atoms with Crippen LogP contribution in [0.1, 0.15) is 44.0 Å². The average Bonchev–Trinajstić information content (AvgIpc) is 2.60. The lowest BCUT2D eigenvalue weighted by molar-refractivity contribution is -0.124. The molecule has 162 valence electrons. The van der Waals surface area contributed by atoms with E-state index in [1.807, 2.05) is 20.8 Å². The van der Waals surface area contributed by atoms with E-state index in [2.05, 4.69) is 20.3 Å².